The second kappa shape index (κ2) is 9.23. The second-order valence-corrected chi connectivity index (χ2v) is 8.84. The fourth-order valence-electron chi connectivity index (χ4n) is 2.88. The number of aromatic nitrogens is 1. The molecule has 0 atom stereocenters. The highest BCUT2D eigenvalue weighted by Gasteiger charge is 2.35. The lowest BCUT2D eigenvalue weighted by Crippen LogP contribution is -2.39. The summed E-state index contributed by atoms with van der Waals surface area (Å²) in [5, 5.41) is 1.50. The number of carbonyl (C=O) groups excluding carboxylic acids is 2. The molecule has 1 amide bonds. The molecule has 0 aliphatic carbocycles. The summed E-state index contributed by atoms with van der Waals surface area (Å²) in [5.41, 5.74) is 2.54. The molecule has 7 nitrogen and oxygen atoms in total. The van der Waals surface area contributed by atoms with Crippen LogP contribution in [0.2, 0.25) is 0 Å². The maximum atomic E-state index is 13.1. The van der Waals surface area contributed by atoms with Crippen LogP contribution in [-0.2, 0) is 14.3 Å². The summed E-state index contributed by atoms with van der Waals surface area (Å²) in [6.45, 7) is 3.60. The first kappa shape index (κ1) is 22.4. The Morgan fingerprint density at radius 3 is 2.47 bits per heavy atom. The number of halogens is 1. The highest BCUT2D eigenvalue weighted by molar-refractivity contribution is 9.10. The van der Waals surface area contributed by atoms with Crippen molar-refractivity contribution in [1.82, 2.24) is 4.68 Å². The van der Waals surface area contributed by atoms with E-state index in [0.29, 0.717) is 30.8 Å². The molecule has 0 saturated carbocycles. The molecule has 3 rings (SSSR count). The molecule has 158 valence electrons. The molecule has 1 saturated heterocycles. The first-order valence-electron chi connectivity index (χ1n) is 8.77. The Morgan fingerprint density at radius 2 is 1.87 bits per heavy atom. The quantitative estimate of drug-likeness (QED) is 0.330. The van der Waals surface area contributed by atoms with Crippen LogP contribution < -0.4 is 14.5 Å². The van der Waals surface area contributed by atoms with Crippen molar-refractivity contribution >= 4 is 62.2 Å². The zero-order valence-electron chi connectivity index (χ0n) is 16.7. The van der Waals surface area contributed by atoms with E-state index in [9.17, 15) is 9.59 Å². The van der Waals surface area contributed by atoms with Crippen LogP contribution in [0.1, 0.15) is 17.0 Å². The average Bonchev–Trinajstić information content (AvgIpc) is 3.18. The lowest BCUT2D eigenvalue weighted by atomic mass is 10.2. The number of amides is 1. The fraction of sp³-hybridized carbons (Fsp3) is 0.250. The van der Waals surface area contributed by atoms with Crippen LogP contribution in [0.4, 0.5) is 0 Å². The topological polar surface area (TPSA) is 70.0 Å². The van der Waals surface area contributed by atoms with Crippen LogP contribution in [0, 0.1) is 13.8 Å². The summed E-state index contributed by atoms with van der Waals surface area (Å²) in [6.07, 6.45) is 1.74. The van der Waals surface area contributed by atoms with Crippen molar-refractivity contribution in [1.29, 1.82) is 0 Å². The number of hydrogen-bond acceptors (Lipinski definition) is 7. The van der Waals surface area contributed by atoms with Gasteiger partial charge in [-0.3, -0.25) is 9.47 Å². The normalized spacial score (nSPS) is 15.1. The van der Waals surface area contributed by atoms with Crippen LogP contribution in [0.3, 0.4) is 0 Å². The lowest BCUT2D eigenvalue weighted by molar-refractivity contribution is -0.142. The summed E-state index contributed by atoms with van der Waals surface area (Å²) in [4.78, 5) is 24.9. The van der Waals surface area contributed by atoms with Crippen LogP contribution in [0.15, 0.2) is 33.6 Å². The minimum atomic E-state index is -0.503. The van der Waals surface area contributed by atoms with Gasteiger partial charge in [-0.15, -0.1) is 0 Å². The summed E-state index contributed by atoms with van der Waals surface area (Å²) in [6, 6.07) is 7.27. The van der Waals surface area contributed by atoms with Crippen LogP contribution in [0.25, 0.3) is 6.08 Å². The molecule has 2 heterocycles. The third-order valence-corrected chi connectivity index (χ3v) is 6.32. The fourth-order valence-corrected chi connectivity index (χ4v) is 4.55. The number of aryl methyl sites for hydroxylation is 2. The van der Waals surface area contributed by atoms with Crippen molar-refractivity contribution in [3.05, 3.63) is 50.6 Å². The molecule has 1 aliphatic rings. The Bertz CT molecular complexity index is 1040. The molecule has 1 aromatic heterocycles. The summed E-state index contributed by atoms with van der Waals surface area (Å²) in [5.74, 6) is 0.0832. The summed E-state index contributed by atoms with van der Waals surface area (Å²) in [7, 11) is 2.78. The third kappa shape index (κ3) is 4.40. The van der Waals surface area contributed by atoms with Crippen molar-refractivity contribution < 1.29 is 23.8 Å². The maximum Gasteiger partial charge on any atom is 0.343 e. The largest absolute Gasteiger partial charge is 0.493 e. The van der Waals surface area contributed by atoms with Gasteiger partial charge in [-0.25, -0.2) is 4.79 Å². The smallest absolute Gasteiger partial charge is 0.343 e. The molecular weight excluding hydrogens is 492 g/mol. The number of ether oxygens (including phenoxy) is 3. The molecule has 0 radical (unpaired) electrons. The van der Waals surface area contributed by atoms with E-state index in [-0.39, 0.29) is 12.5 Å². The lowest BCUT2D eigenvalue weighted by Gasteiger charge is -2.20. The number of esters is 1. The second-order valence-electron chi connectivity index (χ2n) is 6.31. The van der Waals surface area contributed by atoms with Crippen molar-refractivity contribution in [3.8, 4) is 11.5 Å². The Balaban J connectivity index is 1.92. The molecule has 30 heavy (non-hydrogen) atoms. The molecule has 0 unspecified atom stereocenters. The van der Waals surface area contributed by atoms with Gasteiger partial charge in [0.15, 0.2) is 22.4 Å². The SMILES string of the molecule is COC(=O)COc1cc(Br)c(/C=C2/SC(=S)N(n3c(C)ccc3C)C2=O)cc1OC. The van der Waals surface area contributed by atoms with E-state index in [0.717, 1.165) is 11.4 Å². The molecule has 0 N–H and O–H groups in total. The molecule has 0 spiro atoms. The third-order valence-electron chi connectivity index (χ3n) is 4.35. The molecule has 1 fully saturated rings. The average molecular weight is 511 g/mol. The first-order valence-corrected chi connectivity index (χ1v) is 10.8. The Hall–Kier alpha value is -2.30. The van der Waals surface area contributed by atoms with Crippen molar-refractivity contribution in [3.63, 3.8) is 0 Å². The number of thioether (sulfide) groups is 1. The molecule has 2 aromatic rings. The number of hydrogen-bond donors (Lipinski definition) is 0. The Kier molecular flexibility index (Phi) is 6.89. The number of thiocarbonyl (C=S) groups is 1. The van der Waals surface area contributed by atoms with E-state index < -0.39 is 5.97 Å². The first-order chi connectivity index (χ1) is 14.3. The number of benzene rings is 1. The van der Waals surface area contributed by atoms with Crippen molar-refractivity contribution in [2.45, 2.75) is 13.8 Å². The minimum absolute atomic E-state index is 0.204. The van der Waals surface area contributed by atoms with Gasteiger partial charge in [0.25, 0.3) is 5.91 Å². The van der Waals surface area contributed by atoms with Gasteiger partial charge >= 0.3 is 5.97 Å². The van der Waals surface area contributed by atoms with E-state index in [4.69, 9.17) is 21.7 Å². The van der Waals surface area contributed by atoms with Crippen LogP contribution >= 0.6 is 39.9 Å². The van der Waals surface area contributed by atoms with Crippen molar-refractivity contribution in [2.24, 2.45) is 0 Å². The van der Waals surface area contributed by atoms with Gasteiger partial charge < -0.3 is 14.2 Å². The zero-order chi connectivity index (χ0) is 22.0. The standard InChI is InChI=1S/C20H19BrN2O5S2/c1-11-5-6-12(2)22(11)23-19(25)17(30-20(23)29)8-13-7-15(26-3)16(9-14(13)21)28-10-18(24)27-4/h5-9H,10H2,1-4H3/b17-8+. The van der Waals surface area contributed by atoms with E-state index in [1.54, 1.807) is 22.9 Å². The summed E-state index contributed by atoms with van der Waals surface area (Å²) >= 11 is 10.2. The monoisotopic (exact) mass is 510 g/mol. The Labute approximate surface area is 192 Å². The predicted molar refractivity (Wildman–Crippen MR) is 124 cm³/mol. The maximum absolute atomic E-state index is 13.1. The molecule has 0 bridgehead atoms. The highest BCUT2D eigenvalue weighted by atomic mass is 79.9. The highest BCUT2D eigenvalue weighted by Crippen LogP contribution is 2.38. The van der Waals surface area contributed by atoms with Gasteiger partial charge in [-0.2, -0.15) is 5.01 Å². The van der Waals surface area contributed by atoms with E-state index in [1.807, 2.05) is 26.0 Å². The molecular formula is C20H19BrN2O5S2. The molecule has 10 heteroatoms. The van der Waals surface area contributed by atoms with Gasteiger partial charge in [0.2, 0.25) is 0 Å². The van der Waals surface area contributed by atoms with Gasteiger partial charge in [0.1, 0.15) is 0 Å². The number of rotatable bonds is 6. The molecule has 1 aromatic carbocycles. The van der Waals surface area contributed by atoms with Gasteiger partial charge in [0, 0.05) is 15.9 Å². The van der Waals surface area contributed by atoms with E-state index in [2.05, 4.69) is 20.7 Å². The Morgan fingerprint density at radius 1 is 1.20 bits per heavy atom. The van der Waals surface area contributed by atoms with Crippen LogP contribution in [-0.4, -0.2) is 41.7 Å². The number of nitrogens with zero attached hydrogens (tertiary/aromatic N) is 2. The predicted octanol–water partition coefficient (Wildman–Crippen LogP) is 3.97. The van der Waals surface area contributed by atoms with Gasteiger partial charge in [-0.1, -0.05) is 27.7 Å². The number of carbonyl (C=O) groups is 2. The van der Waals surface area contributed by atoms with Crippen molar-refractivity contribution in [2.75, 3.05) is 25.8 Å². The van der Waals surface area contributed by atoms with E-state index in [1.165, 1.54) is 31.0 Å². The van der Waals surface area contributed by atoms with E-state index >= 15 is 0 Å². The van der Waals surface area contributed by atoms with Gasteiger partial charge in [-0.05, 0) is 62.0 Å². The molecule has 1 aliphatic heterocycles. The zero-order valence-corrected chi connectivity index (χ0v) is 19.9. The van der Waals surface area contributed by atoms with Crippen LogP contribution in [0.5, 0.6) is 11.5 Å². The van der Waals surface area contributed by atoms with Gasteiger partial charge in [0.05, 0.1) is 19.1 Å². The minimum Gasteiger partial charge on any atom is -0.493 e. The number of methoxy groups -OCH3 is 2. The summed E-state index contributed by atoms with van der Waals surface area (Å²) < 4.78 is 18.3.